The van der Waals surface area contributed by atoms with E-state index >= 15 is 0 Å². The van der Waals surface area contributed by atoms with Crippen LogP contribution >= 0.6 is 15.9 Å². The van der Waals surface area contributed by atoms with E-state index in [4.69, 9.17) is 0 Å². The van der Waals surface area contributed by atoms with Crippen LogP contribution in [0.15, 0.2) is 36.5 Å². The average molecular weight is 294 g/mol. The Morgan fingerprint density at radius 1 is 1.41 bits per heavy atom. The molecule has 1 N–H and O–H groups in total. The number of aromatic nitrogens is 2. The van der Waals surface area contributed by atoms with Gasteiger partial charge in [0.2, 0.25) is 0 Å². The molecule has 0 bridgehead atoms. The van der Waals surface area contributed by atoms with Crippen LogP contribution in [0.2, 0.25) is 0 Å². The predicted octanol–water partition coefficient (Wildman–Crippen LogP) is 2.57. The topological polar surface area (TPSA) is 46.9 Å². The van der Waals surface area contributed by atoms with Gasteiger partial charge in [-0.25, -0.2) is 0 Å². The summed E-state index contributed by atoms with van der Waals surface area (Å²) in [5, 5.41) is 7.55. The Bertz CT molecular complexity index is 536. The van der Waals surface area contributed by atoms with Gasteiger partial charge in [0.05, 0.1) is 0 Å². The smallest absolute Gasteiger partial charge is 0.273 e. The zero-order chi connectivity index (χ0) is 12.3. The Morgan fingerprint density at radius 3 is 2.82 bits per heavy atom. The van der Waals surface area contributed by atoms with Crippen LogP contribution in [0.3, 0.4) is 0 Å². The first kappa shape index (κ1) is 11.9. The monoisotopic (exact) mass is 293 g/mol. The molecule has 4 nitrogen and oxygen atoms in total. The van der Waals surface area contributed by atoms with Crippen molar-refractivity contribution in [1.29, 1.82) is 0 Å². The highest BCUT2D eigenvalue weighted by molar-refractivity contribution is 9.08. The summed E-state index contributed by atoms with van der Waals surface area (Å²) in [6, 6.07) is 9.37. The second-order valence-corrected chi connectivity index (χ2v) is 4.15. The van der Waals surface area contributed by atoms with E-state index < -0.39 is 0 Å². The van der Waals surface area contributed by atoms with Gasteiger partial charge < -0.3 is 5.32 Å². The number of amides is 1. The number of anilines is 1. The summed E-state index contributed by atoms with van der Waals surface area (Å²) in [6.45, 7) is 0. The van der Waals surface area contributed by atoms with Crippen molar-refractivity contribution >= 4 is 27.5 Å². The summed E-state index contributed by atoms with van der Waals surface area (Å²) in [4.78, 5) is 12.0. The summed E-state index contributed by atoms with van der Waals surface area (Å²) in [7, 11) is 1.74. The highest BCUT2D eigenvalue weighted by Crippen LogP contribution is 2.18. The Morgan fingerprint density at radius 2 is 2.18 bits per heavy atom. The van der Waals surface area contributed by atoms with Crippen molar-refractivity contribution in [3.05, 3.63) is 47.8 Å². The molecular weight excluding hydrogens is 282 g/mol. The predicted molar refractivity (Wildman–Crippen MR) is 70.2 cm³/mol. The third-order valence-corrected chi connectivity index (χ3v) is 3.07. The first-order valence-electron chi connectivity index (χ1n) is 5.15. The number of benzene rings is 1. The maximum atomic E-state index is 12.0. The first-order valence-corrected chi connectivity index (χ1v) is 6.27. The average Bonchev–Trinajstić information content (AvgIpc) is 2.76. The molecule has 2 rings (SSSR count). The molecule has 1 aromatic heterocycles. The van der Waals surface area contributed by atoms with Gasteiger partial charge in [0, 0.05) is 24.3 Å². The zero-order valence-corrected chi connectivity index (χ0v) is 10.9. The molecule has 1 aromatic carbocycles. The second-order valence-electron chi connectivity index (χ2n) is 3.58. The van der Waals surface area contributed by atoms with E-state index in [2.05, 4.69) is 26.3 Å². The fourth-order valence-corrected chi connectivity index (χ4v) is 2.03. The van der Waals surface area contributed by atoms with Crippen LogP contribution in [-0.4, -0.2) is 15.7 Å². The van der Waals surface area contributed by atoms with Crippen LogP contribution in [0.5, 0.6) is 0 Å². The molecule has 2 aromatic rings. The van der Waals surface area contributed by atoms with Crippen LogP contribution in [0.1, 0.15) is 16.1 Å². The van der Waals surface area contributed by atoms with Gasteiger partial charge in [-0.1, -0.05) is 34.1 Å². The molecular formula is C12H12BrN3O. The highest BCUT2D eigenvalue weighted by Gasteiger charge is 2.11. The number of alkyl halides is 1. The molecule has 0 aliphatic carbocycles. The number of carbonyl (C=O) groups is 1. The van der Waals surface area contributed by atoms with E-state index in [1.165, 1.54) is 0 Å². The number of para-hydroxylation sites is 1. The highest BCUT2D eigenvalue weighted by atomic mass is 79.9. The van der Waals surface area contributed by atoms with E-state index in [0.717, 1.165) is 11.3 Å². The minimum absolute atomic E-state index is 0.154. The fourth-order valence-electron chi connectivity index (χ4n) is 1.54. The molecule has 1 amide bonds. The van der Waals surface area contributed by atoms with Crippen LogP contribution in [-0.2, 0) is 12.4 Å². The van der Waals surface area contributed by atoms with E-state index in [0.29, 0.717) is 11.0 Å². The first-order chi connectivity index (χ1) is 8.22. The molecule has 1 heterocycles. The number of halogens is 1. The number of hydrogen-bond acceptors (Lipinski definition) is 2. The molecule has 0 saturated heterocycles. The van der Waals surface area contributed by atoms with E-state index in [-0.39, 0.29) is 5.91 Å². The normalized spacial score (nSPS) is 10.2. The zero-order valence-electron chi connectivity index (χ0n) is 9.35. The summed E-state index contributed by atoms with van der Waals surface area (Å²) in [6.07, 6.45) is 1.60. The van der Waals surface area contributed by atoms with Crippen molar-refractivity contribution in [1.82, 2.24) is 9.78 Å². The third-order valence-electron chi connectivity index (χ3n) is 2.46. The molecule has 0 aliphatic heterocycles. The Balaban J connectivity index is 2.22. The van der Waals surface area contributed by atoms with E-state index in [1.54, 1.807) is 24.0 Å². The summed E-state index contributed by atoms with van der Waals surface area (Å²) in [5.41, 5.74) is 2.40. The molecule has 0 unspecified atom stereocenters. The van der Waals surface area contributed by atoms with Crippen molar-refractivity contribution < 1.29 is 4.79 Å². The molecule has 88 valence electrons. The summed E-state index contributed by atoms with van der Waals surface area (Å²) < 4.78 is 1.55. The molecule has 0 saturated carbocycles. The molecule has 0 fully saturated rings. The summed E-state index contributed by atoms with van der Waals surface area (Å²) in [5.74, 6) is -0.154. The van der Waals surface area contributed by atoms with Gasteiger partial charge >= 0.3 is 0 Å². The molecule has 5 heteroatoms. The molecule has 0 atom stereocenters. The van der Waals surface area contributed by atoms with Gasteiger partial charge in [-0.05, 0) is 17.7 Å². The van der Waals surface area contributed by atoms with Gasteiger partial charge in [-0.3, -0.25) is 9.48 Å². The van der Waals surface area contributed by atoms with E-state index in [1.807, 2.05) is 24.3 Å². The lowest BCUT2D eigenvalue weighted by atomic mass is 10.2. The van der Waals surface area contributed by atoms with Crippen molar-refractivity contribution in [3.8, 4) is 0 Å². The lowest BCUT2D eigenvalue weighted by molar-refractivity contribution is 0.101. The fraction of sp³-hybridized carbons (Fsp3) is 0.167. The minimum Gasteiger partial charge on any atom is -0.320 e. The maximum Gasteiger partial charge on any atom is 0.273 e. The van der Waals surface area contributed by atoms with Crippen LogP contribution in [0, 0.1) is 0 Å². The van der Waals surface area contributed by atoms with Gasteiger partial charge in [0.15, 0.2) is 0 Å². The molecule has 0 spiro atoms. The van der Waals surface area contributed by atoms with Crippen LogP contribution in [0.25, 0.3) is 0 Å². The lowest BCUT2D eigenvalue weighted by Gasteiger charge is -2.09. The van der Waals surface area contributed by atoms with Gasteiger partial charge in [-0.2, -0.15) is 5.10 Å². The van der Waals surface area contributed by atoms with Crippen LogP contribution < -0.4 is 5.32 Å². The second kappa shape index (κ2) is 5.14. The molecule has 17 heavy (non-hydrogen) atoms. The lowest BCUT2D eigenvalue weighted by Crippen LogP contribution is -2.16. The Labute approximate surface area is 108 Å². The van der Waals surface area contributed by atoms with Crippen molar-refractivity contribution in [2.75, 3.05) is 5.32 Å². The number of nitrogens with zero attached hydrogens (tertiary/aromatic N) is 2. The molecule has 0 radical (unpaired) electrons. The van der Waals surface area contributed by atoms with Gasteiger partial charge in [0.1, 0.15) is 5.69 Å². The number of carbonyl (C=O) groups excluding carboxylic acids is 1. The van der Waals surface area contributed by atoms with Crippen molar-refractivity contribution in [2.24, 2.45) is 7.05 Å². The largest absolute Gasteiger partial charge is 0.320 e. The number of aryl methyl sites for hydroxylation is 1. The number of hydrogen-bond donors (Lipinski definition) is 1. The Hall–Kier alpha value is -1.62. The minimum atomic E-state index is -0.154. The third kappa shape index (κ3) is 2.55. The Kier molecular flexibility index (Phi) is 3.58. The van der Waals surface area contributed by atoms with Crippen molar-refractivity contribution in [3.63, 3.8) is 0 Å². The SMILES string of the molecule is Cn1nccc1C(=O)Nc1ccccc1CBr. The van der Waals surface area contributed by atoms with Gasteiger partial charge in [-0.15, -0.1) is 0 Å². The van der Waals surface area contributed by atoms with E-state index in [9.17, 15) is 4.79 Å². The summed E-state index contributed by atoms with van der Waals surface area (Å²) >= 11 is 3.39. The number of rotatable bonds is 3. The number of nitrogens with one attached hydrogen (secondary N) is 1. The molecule has 0 aliphatic rings. The quantitative estimate of drug-likeness (QED) is 0.884. The van der Waals surface area contributed by atoms with Gasteiger partial charge in [0.25, 0.3) is 5.91 Å². The van der Waals surface area contributed by atoms with Crippen molar-refractivity contribution in [2.45, 2.75) is 5.33 Å². The van der Waals surface area contributed by atoms with Crippen LogP contribution in [0.4, 0.5) is 5.69 Å². The standard InChI is InChI=1S/C12H12BrN3O/c1-16-11(6-7-14-16)12(17)15-10-5-3-2-4-9(10)8-13/h2-7H,8H2,1H3,(H,15,17). The maximum absolute atomic E-state index is 12.0.